The Hall–Kier alpha value is -2.07. The van der Waals surface area contributed by atoms with Crippen molar-refractivity contribution in [2.24, 2.45) is 0 Å². The first-order valence-electron chi connectivity index (χ1n) is 8.57. The zero-order valence-corrected chi connectivity index (χ0v) is 16.0. The quantitative estimate of drug-likeness (QED) is 0.811. The van der Waals surface area contributed by atoms with E-state index in [-0.39, 0.29) is 11.3 Å². The van der Waals surface area contributed by atoms with Crippen molar-refractivity contribution >= 4 is 33.6 Å². The number of hydrogen-bond acceptors (Lipinski definition) is 2. The minimum Gasteiger partial charge on any atom is -0.344 e. The molecule has 0 aromatic heterocycles. The van der Waals surface area contributed by atoms with Gasteiger partial charge in [-0.05, 0) is 35.4 Å². The summed E-state index contributed by atoms with van der Waals surface area (Å²) in [5.41, 5.74) is 2.83. The molecule has 2 aromatic carbocycles. The molecular weight excluding hydrogens is 376 g/mol. The monoisotopic (exact) mass is 396 g/mol. The number of amides is 1. The number of nitrogens with zero attached hydrogens (tertiary/aromatic N) is 1. The van der Waals surface area contributed by atoms with E-state index in [1.165, 1.54) is 11.3 Å². The summed E-state index contributed by atoms with van der Waals surface area (Å²) in [7, 11) is 0. The van der Waals surface area contributed by atoms with E-state index < -0.39 is 5.66 Å². The SMILES string of the molecule is CC1(C)c2ccccc2N2CCC(=O)NC21C=Cc1ccc(Br)cc1. The number of nitrogens with one attached hydrogen (secondary N) is 1. The van der Waals surface area contributed by atoms with Crippen LogP contribution in [0.25, 0.3) is 6.08 Å². The van der Waals surface area contributed by atoms with Gasteiger partial charge < -0.3 is 10.2 Å². The Bertz CT molecular complexity index is 856. The highest BCUT2D eigenvalue weighted by atomic mass is 79.9. The number of fused-ring (bicyclic) bond motifs is 3. The number of halogens is 1. The Kier molecular flexibility index (Phi) is 3.76. The molecule has 2 aromatic rings. The van der Waals surface area contributed by atoms with Crippen LogP contribution in [0, 0.1) is 0 Å². The predicted molar refractivity (Wildman–Crippen MR) is 105 cm³/mol. The van der Waals surface area contributed by atoms with E-state index in [4.69, 9.17) is 0 Å². The maximum Gasteiger partial charge on any atom is 0.223 e. The molecule has 2 aliphatic rings. The molecule has 1 unspecified atom stereocenters. The summed E-state index contributed by atoms with van der Waals surface area (Å²) < 4.78 is 1.06. The molecule has 2 heterocycles. The first-order chi connectivity index (χ1) is 11.9. The fourth-order valence-corrected chi connectivity index (χ4v) is 4.37. The van der Waals surface area contributed by atoms with Gasteiger partial charge in [0.25, 0.3) is 0 Å². The maximum atomic E-state index is 12.3. The summed E-state index contributed by atoms with van der Waals surface area (Å²) in [6.45, 7) is 5.16. The maximum absolute atomic E-state index is 12.3. The topological polar surface area (TPSA) is 32.3 Å². The van der Waals surface area contributed by atoms with Crippen LogP contribution in [0.4, 0.5) is 5.69 Å². The van der Waals surface area contributed by atoms with Gasteiger partial charge in [-0.25, -0.2) is 0 Å². The minimum absolute atomic E-state index is 0.109. The third kappa shape index (κ3) is 2.43. The van der Waals surface area contributed by atoms with Gasteiger partial charge in [0.1, 0.15) is 5.66 Å². The van der Waals surface area contributed by atoms with E-state index >= 15 is 0 Å². The van der Waals surface area contributed by atoms with Gasteiger partial charge in [-0.3, -0.25) is 4.79 Å². The zero-order valence-electron chi connectivity index (χ0n) is 14.4. The molecule has 1 fully saturated rings. The van der Waals surface area contributed by atoms with Gasteiger partial charge in [0.2, 0.25) is 5.91 Å². The Balaban J connectivity index is 1.83. The molecule has 0 bridgehead atoms. The molecule has 4 heteroatoms. The van der Waals surface area contributed by atoms with Crippen molar-refractivity contribution in [2.45, 2.75) is 31.3 Å². The largest absolute Gasteiger partial charge is 0.344 e. The van der Waals surface area contributed by atoms with Crippen molar-refractivity contribution < 1.29 is 4.79 Å². The van der Waals surface area contributed by atoms with E-state index in [9.17, 15) is 4.79 Å². The van der Waals surface area contributed by atoms with Crippen LogP contribution in [0.15, 0.2) is 59.1 Å². The van der Waals surface area contributed by atoms with E-state index in [0.29, 0.717) is 6.42 Å². The zero-order chi connectivity index (χ0) is 17.7. The summed E-state index contributed by atoms with van der Waals surface area (Å²) in [5.74, 6) is 0.109. The van der Waals surface area contributed by atoms with Gasteiger partial charge in [0, 0.05) is 28.5 Å². The molecule has 0 saturated carbocycles. The number of hydrogen-bond donors (Lipinski definition) is 1. The van der Waals surface area contributed by atoms with Gasteiger partial charge >= 0.3 is 0 Å². The number of anilines is 1. The third-order valence-electron chi connectivity index (χ3n) is 5.53. The van der Waals surface area contributed by atoms with Gasteiger partial charge in [-0.15, -0.1) is 0 Å². The number of carbonyl (C=O) groups is 1. The number of carbonyl (C=O) groups excluding carboxylic acids is 1. The lowest BCUT2D eigenvalue weighted by Gasteiger charge is -2.49. The Morgan fingerprint density at radius 2 is 1.84 bits per heavy atom. The van der Waals surface area contributed by atoms with Gasteiger partial charge in [0.05, 0.1) is 0 Å². The summed E-state index contributed by atoms with van der Waals surface area (Å²) in [6, 6.07) is 16.7. The minimum atomic E-state index is -0.543. The summed E-state index contributed by atoms with van der Waals surface area (Å²) in [4.78, 5) is 14.7. The van der Waals surface area contributed by atoms with Crippen LogP contribution in [-0.4, -0.2) is 18.1 Å². The summed E-state index contributed by atoms with van der Waals surface area (Å²) in [6.07, 6.45) is 4.80. The lowest BCUT2D eigenvalue weighted by atomic mass is 9.74. The van der Waals surface area contributed by atoms with Crippen molar-refractivity contribution in [2.75, 3.05) is 11.4 Å². The second-order valence-electron chi connectivity index (χ2n) is 7.24. The smallest absolute Gasteiger partial charge is 0.223 e. The molecule has 0 spiro atoms. The fourth-order valence-electron chi connectivity index (χ4n) is 4.11. The van der Waals surface area contributed by atoms with Gasteiger partial charge in [-0.2, -0.15) is 0 Å². The van der Waals surface area contributed by atoms with Crippen LogP contribution in [0.3, 0.4) is 0 Å². The molecule has 128 valence electrons. The highest BCUT2D eigenvalue weighted by Gasteiger charge is 2.57. The molecule has 1 amide bonds. The lowest BCUT2D eigenvalue weighted by Crippen LogP contribution is -2.68. The Morgan fingerprint density at radius 1 is 1.12 bits per heavy atom. The van der Waals surface area contributed by atoms with Crippen LogP contribution in [-0.2, 0) is 10.2 Å². The van der Waals surface area contributed by atoms with Crippen molar-refractivity contribution in [1.29, 1.82) is 0 Å². The normalized spacial score (nSPS) is 24.1. The Morgan fingerprint density at radius 3 is 2.60 bits per heavy atom. The number of para-hydroxylation sites is 1. The molecule has 3 nitrogen and oxygen atoms in total. The standard InChI is InChI=1S/C21H21BrN2O/c1-20(2)17-5-3-4-6-18(17)24-14-12-19(25)23-21(20,24)13-11-15-7-9-16(22)10-8-15/h3-11,13H,12,14H2,1-2H3,(H,23,25). The third-order valence-corrected chi connectivity index (χ3v) is 6.05. The molecule has 0 aliphatic carbocycles. The predicted octanol–water partition coefficient (Wildman–Crippen LogP) is 4.48. The number of benzene rings is 2. The molecule has 1 saturated heterocycles. The van der Waals surface area contributed by atoms with E-state index in [1.807, 2.05) is 12.1 Å². The summed E-state index contributed by atoms with van der Waals surface area (Å²) in [5, 5.41) is 3.30. The van der Waals surface area contributed by atoms with Crippen LogP contribution >= 0.6 is 15.9 Å². The highest BCUT2D eigenvalue weighted by Crippen LogP contribution is 2.52. The lowest BCUT2D eigenvalue weighted by molar-refractivity contribution is -0.124. The van der Waals surface area contributed by atoms with Gasteiger partial charge in [0.15, 0.2) is 0 Å². The van der Waals surface area contributed by atoms with Crippen LogP contribution < -0.4 is 10.2 Å². The van der Waals surface area contributed by atoms with Crippen molar-refractivity contribution in [3.63, 3.8) is 0 Å². The molecule has 1 atom stereocenters. The molecule has 1 N–H and O–H groups in total. The molecule has 4 rings (SSSR count). The van der Waals surface area contributed by atoms with Crippen molar-refractivity contribution in [3.8, 4) is 0 Å². The van der Waals surface area contributed by atoms with Crippen molar-refractivity contribution in [1.82, 2.24) is 5.32 Å². The number of rotatable bonds is 2. The Labute approximate surface area is 156 Å². The average molecular weight is 397 g/mol. The summed E-state index contributed by atoms with van der Waals surface area (Å²) >= 11 is 3.47. The average Bonchev–Trinajstić information content (AvgIpc) is 2.79. The van der Waals surface area contributed by atoms with Crippen molar-refractivity contribution in [3.05, 3.63) is 70.2 Å². The van der Waals surface area contributed by atoms with E-state index in [1.54, 1.807) is 0 Å². The van der Waals surface area contributed by atoms with E-state index in [2.05, 4.69) is 88.5 Å². The first kappa shape index (κ1) is 16.4. The second kappa shape index (κ2) is 5.73. The molecular formula is C21H21BrN2O. The van der Waals surface area contributed by atoms with Crippen LogP contribution in [0.2, 0.25) is 0 Å². The molecule has 25 heavy (non-hydrogen) atoms. The molecule has 2 aliphatic heterocycles. The second-order valence-corrected chi connectivity index (χ2v) is 8.16. The molecule has 0 radical (unpaired) electrons. The van der Waals surface area contributed by atoms with Gasteiger partial charge in [-0.1, -0.05) is 66.2 Å². The fraction of sp³-hybridized carbons (Fsp3) is 0.286. The van der Waals surface area contributed by atoms with Crippen LogP contribution in [0.1, 0.15) is 31.4 Å². The van der Waals surface area contributed by atoms with Crippen LogP contribution in [0.5, 0.6) is 0 Å². The first-order valence-corrected chi connectivity index (χ1v) is 9.36. The van der Waals surface area contributed by atoms with E-state index in [0.717, 1.165) is 16.6 Å². The highest BCUT2D eigenvalue weighted by molar-refractivity contribution is 9.10.